The molecule has 0 radical (unpaired) electrons. The molecule has 2 aromatic carbocycles. The van der Waals surface area contributed by atoms with Crippen LogP contribution in [0.25, 0.3) is 0 Å². The van der Waals surface area contributed by atoms with Crippen LogP contribution in [-0.4, -0.2) is 44.6 Å². The summed E-state index contributed by atoms with van der Waals surface area (Å²) in [5.74, 6) is -2.70. The molecule has 2 aromatic rings. The second kappa shape index (κ2) is 9.44. The van der Waals surface area contributed by atoms with Gasteiger partial charge in [0.1, 0.15) is 0 Å². The summed E-state index contributed by atoms with van der Waals surface area (Å²) in [4.78, 5) is 26.1. The predicted molar refractivity (Wildman–Crippen MR) is 106 cm³/mol. The fourth-order valence-corrected chi connectivity index (χ4v) is 4.45. The zero-order valence-electron chi connectivity index (χ0n) is 16.2. The Morgan fingerprint density at radius 2 is 1.67 bits per heavy atom. The molecule has 0 aromatic heterocycles. The highest BCUT2D eigenvalue weighted by Crippen LogP contribution is 2.22. The molecule has 3 rings (SSSR count). The number of carbonyl (C=O) groups excluding carboxylic acids is 2. The van der Waals surface area contributed by atoms with Crippen LogP contribution in [0.1, 0.15) is 29.6 Å². The summed E-state index contributed by atoms with van der Waals surface area (Å²) in [6.07, 6.45) is 1.04. The van der Waals surface area contributed by atoms with E-state index in [0.29, 0.717) is 37.6 Å². The van der Waals surface area contributed by atoms with Gasteiger partial charge in [-0.25, -0.2) is 21.9 Å². The van der Waals surface area contributed by atoms with Gasteiger partial charge in [0.25, 0.3) is 0 Å². The van der Waals surface area contributed by atoms with Gasteiger partial charge in [0, 0.05) is 37.5 Å². The Kier molecular flexibility index (Phi) is 6.94. The lowest BCUT2D eigenvalue weighted by Gasteiger charge is -2.31. The Balaban J connectivity index is 1.47. The first-order chi connectivity index (χ1) is 14.3. The van der Waals surface area contributed by atoms with Gasteiger partial charge >= 0.3 is 0 Å². The summed E-state index contributed by atoms with van der Waals surface area (Å²) in [5.41, 5.74) is 0.661. The van der Waals surface area contributed by atoms with Gasteiger partial charge < -0.3 is 4.90 Å². The van der Waals surface area contributed by atoms with Gasteiger partial charge in [-0.3, -0.25) is 9.59 Å². The molecule has 1 N–H and O–H groups in total. The molecule has 1 amide bonds. The summed E-state index contributed by atoms with van der Waals surface area (Å²) in [5, 5.41) is 0. The molecular weight excluding hydrogens is 414 g/mol. The topological polar surface area (TPSA) is 83.6 Å². The van der Waals surface area contributed by atoms with E-state index < -0.39 is 26.6 Å². The van der Waals surface area contributed by atoms with E-state index in [1.54, 1.807) is 17.0 Å². The van der Waals surface area contributed by atoms with Crippen LogP contribution >= 0.6 is 0 Å². The summed E-state index contributed by atoms with van der Waals surface area (Å²) in [7, 11) is -4.05. The fourth-order valence-electron chi connectivity index (χ4n) is 3.41. The Morgan fingerprint density at radius 3 is 2.30 bits per heavy atom. The maximum atomic E-state index is 13.2. The molecule has 9 heteroatoms. The molecule has 1 fully saturated rings. The number of hydrogen-bond donors (Lipinski definition) is 1. The third-order valence-corrected chi connectivity index (χ3v) is 6.57. The molecule has 30 heavy (non-hydrogen) atoms. The SMILES string of the molecule is O=C(c1ccccc1)C1CCN(C(=O)CCNS(=O)(=O)c2ccc(F)c(F)c2)CC1. The molecule has 0 atom stereocenters. The first-order valence-corrected chi connectivity index (χ1v) is 11.1. The average molecular weight is 436 g/mol. The molecule has 0 saturated carbocycles. The number of likely N-dealkylation sites (tertiary alicyclic amines) is 1. The van der Waals surface area contributed by atoms with Crippen molar-refractivity contribution in [2.75, 3.05) is 19.6 Å². The van der Waals surface area contributed by atoms with Gasteiger partial charge in [0.2, 0.25) is 15.9 Å². The maximum absolute atomic E-state index is 13.2. The number of ketones is 1. The van der Waals surface area contributed by atoms with Crippen LogP contribution in [0.4, 0.5) is 8.78 Å². The lowest BCUT2D eigenvalue weighted by Crippen LogP contribution is -2.41. The van der Waals surface area contributed by atoms with Crippen molar-refractivity contribution < 1.29 is 26.8 Å². The minimum absolute atomic E-state index is 0.0692. The van der Waals surface area contributed by atoms with Crippen molar-refractivity contribution in [2.24, 2.45) is 5.92 Å². The number of nitrogens with one attached hydrogen (secondary N) is 1. The van der Waals surface area contributed by atoms with E-state index in [2.05, 4.69) is 4.72 Å². The highest BCUT2D eigenvalue weighted by molar-refractivity contribution is 7.89. The zero-order chi connectivity index (χ0) is 21.7. The highest BCUT2D eigenvalue weighted by atomic mass is 32.2. The number of Topliss-reactive ketones (excluding diaryl/α,β-unsaturated/α-hetero) is 1. The molecule has 0 bridgehead atoms. The van der Waals surface area contributed by atoms with E-state index in [-0.39, 0.29) is 30.6 Å². The van der Waals surface area contributed by atoms with Crippen LogP contribution in [-0.2, 0) is 14.8 Å². The Hall–Kier alpha value is -2.65. The fraction of sp³-hybridized carbons (Fsp3) is 0.333. The average Bonchev–Trinajstić information content (AvgIpc) is 2.75. The first-order valence-electron chi connectivity index (χ1n) is 9.59. The van der Waals surface area contributed by atoms with Gasteiger partial charge in [0.15, 0.2) is 17.4 Å². The Morgan fingerprint density at radius 1 is 1.00 bits per heavy atom. The number of benzene rings is 2. The minimum atomic E-state index is -4.05. The van der Waals surface area contributed by atoms with Crippen molar-refractivity contribution in [3.8, 4) is 0 Å². The predicted octanol–water partition coefficient (Wildman–Crippen LogP) is 2.75. The van der Waals surface area contributed by atoms with Crippen molar-refractivity contribution in [3.63, 3.8) is 0 Å². The molecular formula is C21H22F2N2O4S. The third kappa shape index (κ3) is 5.28. The number of hydrogen-bond acceptors (Lipinski definition) is 4. The van der Waals surface area contributed by atoms with Gasteiger partial charge in [-0.2, -0.15) is 0 Å². The van der Waals surface area contributed by atoms with E-state index in [9.17, 15) is 26.8 Å². The Bertz CT molecular complexity index is 1020. The summed E-state index contributed by atoms with van der Waals surface area (Å²) in [6, 6.07) is 11.3. The van der Waals surface area contributed by atoms with Crippen LogP contribution in [0.5, 0.6) is 0 Å². The number of piperidine rings is 1. The van der Waals surface area contributed by atoms with Crippen molar-refractivity contribution in [3.05, 3.63) is 65.7 Å². The van der Waals surface area contributed by atoms with Crippen molar-refractivity contribution in [1.29, 1.82) is 0 Å². The van der Waals surface area contributed by atoms with Crippen LogP contribution in [0, 0.1) is 17.6 Å². The van der Waals surface area contributed by atoms with Crippen molar-refractivity contribution >= 4 is 21.7 Å². The minimum Gasteiger partial charge on any atom is -0.343 e. The number of halogens is 2. The Labute approximate surface area is 173 Å². The molecule has 1 saturated heterocycles. The number of carbonyl (C=O) groups is 2. The number of rotatable bonds is 7. The third-order valence-electron chi connectivity index (χ3n) is 5.11. The molecule has 1 aliphatic heterocycles. The van der Waals surface area contributed by atoms with E-state index in [0.717, 1.165) is 12.1 Å². The summed E-state index contributed by atoms with van der Waals surface area (Å²) < 4.78 is 52.7. The van der Waals surface area contributed by atoms with Gasteiger partial charge in [-0.1, -0.05) is 30.3 Å². The van der Waals surface area contributed by atoms with Crippen molar-refractivity contribution in [1.82, 2.24) is 9.62 Å². The van der Waals surface area contributed by atoms with E-state index >= 15 is 0 Å². The molecule has 0 unspecified atom stereocenters. The molecule has 0 spiro atoms. The van der Waals surface area contributed by atoms with Gasteiger partial charge in [-0.05, 0) is 31.0 Å². The number of amides is 1. The molecule has 6 nitrogen and oxygen atoms in total. The van der Waals surface area contributed by atoms with Crippen LogP contribution in [0.2, 0.25) is 0 Å². The molecule has 0 aliphatic carbocycles. The van der Waals surface area contributed by atoms with Crippen LogP contribution in [0.3, 0.4) is 0 Å². The maximum Gasteiger partial charge on any atom is 0.240 e. The largest absolute Gasteiger partial charge is 0.343 e. The van der Waals surface area contributed by atoms with E-state index in [1.807, 2.05) is 18.2 Å². The monoisotopic (exact) mass is 436 g/mol. The number of sulfonamides is 1. The summed E-state index contributed by atoms with van der Waals surface area (Å²) >= 11 is 0. The zero-order valence-corrected chi connectivity index (χ0v) is 17.0. The van der Waals surface area contributed by atoms with Gasteiger partial charge in [0.05, 0.1) is 4.90 Å². The molecule has 1 heterocycles. The second-order valence-corrected chi connectivity index (χ2v) is 8.88. The standard InChI is InChI=1S/C21H22F2N2O4S/c22-18-7-6-17(14-19(18)23)30(28,29)24-11-8-20(26)25-12-9-16(10-13-25)21(27)15-4-2-1-3-5-15/h1-7,14,16,24H,8-13H2. The normalized spacial score (nSPS) is 15.2. The molecule has 160 valence electrons. The smallest absolute Gasteiger partial charge is 0.240 e. The lowest BCUT2D eigenvalue weighted by molar-refractivity contribution is -0.132. The second-order valence-electron chi connectivity index (χ2n) is 7.11. The quantitative estimate of drug-likeness (QED) is 0.677. The van der Waals surface area contributed by atoms with E-state index in [1.165, 1.54) is 0 Å². The number of nitrogens with zero attached hydrogens (tertiary/aromatic N) is 1. The van der Waals surface area contributed by atoms with Gasteiger partial charge in [-0.15, -0.1) is 0 Å². The van der Waals surface area contributed by atoms with Crippen molar-refractivity contribution in [2.45, 2.75) is 24.2 Å². The van der Waals surface area contributed by atoms with Crippen LogP contribution in [0.15, 0.2) is 53.4 Å². The first kappa shape index (κ1) is 22.0. The van der Waals surface area contributed by atoms with E-state index in [4.69, 9.17) is 0 Å². The molecule has 1 aliphatic rings. The lowest BCUT2D eigenvalue weighted by atomic mass is 9.89. The summed E-state index contributed by atoms with van der Waals surface area (Å²) in [6.45, 7) is 0.693. The highest BCUT2D eigenvalue weighted by Gasteiger charge is 2.28. The van der Waals surface area contributed by atoms with Crippen LogP contribution < -0.4 is 4.72 Å².